The van der Waals surface area contributed by atoms with Crippen molar-refractivity contribution in [3.63, 3.8) is 0 Å². The first kappa shape index (κ1) is 47.3. The van der Waals surface area contributed by atoms with Gasteiger partial charge >= 0.3 is 0 Å². The Morgan fingerprint density at radius 3 is 0.654 bits per heavy atom. The average Bonchev–Trinajstić information content (AvgIpc) is 3.98. The highest BCUT2D eigenvalue weighted by Crippen LogP contribution is 2.61. The van der Waals surface area contributed by atoms with Crippen LogP contribution in [0.2, 0.25) is 25.2 Å². The van der Waals surface area contributed by atoms with E-state index in [-0.39, 0.29) is 0 Å². The molecule has 78 heavy (non-hydrogen) atoms. The van der Waals surface area contributed by atoms with E-state index in [0.29, 0.717) is 0 Å². The Balaban J connectivity index is 1.10. The largest absolute Gasteiger partial charge is 0.256 e. The number of nitrogens with zero attached hydrogens (tertiary/aromatic N) is 4. The molecule has 0 amide bonds. The molecule has 6 heterocycles. The predicted molar refractivity (Wildman–Crippen MR) is 333 cm³/mol. The molecule has 0 saturated heterocycles. The molecule has 0 spiro atoms. The molecule has 0 aliphatic carbocycles. The van der Waals surface area contributed by atoms with Gasteiger partial charge in [-0.05, 0) is 111 Å². The van der Waals surface area contributed by atoms with Gasteiger partial charge in [0, 0.05) is 46.3 Å². The number of allylic oxidation sites excluding steroid dienone is 4. The highest BCUT2D eigenvalue weighted by Gasteiger charge is 2.53. The standard InChI is InChI=1S/C72H54N4Si2/c1-77(69(61-41-53-31-15-19-35-57(53)45-73-61)65(49-23-7-3-8-24-49)66(50-25-9-4-10-26-50)70(77)62-42-54-32-16-20-36-58(54)46-74-62)39-40-78(2)71(63-43-55-33-17-21-37-59(55)47-75-63)67(51-27-11-5-12-28-51)68(52-29-13-6-14-30-52)72(78)64-44-56-34-18-22-38-60(56)48-76-64/h3-38,41-48H,39-40H2,1-2H3. The molecule has 370 valence electrons. The summed E-state index contributed by atoms with van der Waals surface area (Å²) >= 11 is 0. The second kappa shape index (κ2) is 19.4. The molecule has 0 fully saturated rings. The molecule has 4 nitrogen and oxygen atoms in total. The van der Waals surface area contributed by atoms with Crippen molar-refractivity contribution in [2.75, 3.05) is 0 Å². The predicted octanol–water partition coefficient (Wildman–Crippen LogP) is 18.0. The van der Waals surface area contributed by atoms with Crippen LogP contribution in [0.3, 0.4) is 0 Å². The quantitative estimate of drug-likeness (QED) is 0.121. The van der Waals surface area contributed by atoms with E-state index in [1.807, 2.05) is 0 Å². The zero-order valence-electron chi connectivity index (χ0n) is 43.6. The molecule has 2 aliphatic rings. The molecule has 0 unspecified atom stereocenters. The van der Waals surface area contributed by atoms with Gasteiger partial charge in [0.05, 0.1) is 22.8 Å². The molecule has 12 aromatic rings. The summed E-state index contributed by atoms with van der Waals surface area (Å²) in [6.07, 6.45) is 8.36. The van der Waals surface area contributed by atoms with Crippen LogP contribution in [0.5, 0.6) is 0 Å². The Morgan fingerprint density at radius 2 is 0.436 bits per heavy atom. The van der Waals surface area contributed by atoms with E-state index in [1.54, 1.807) is 0 Å². The van der Waals surface area contributed by atoms with Gasteiger partial charge in [0.1, 0.15) is 16.1 Å². The van der Waals surface area contributed by atoms with Crippen molar-refractivity contribution in [3.05, 3.63) is 312 Å². The smallest absolute Gasteiger partial charge is 0.122 e. The third-order valence-corrected chi connectivity index (χ3v) is 26.1. The summed E-state index contributed by atoms with van der Waals surface area (Å²) < 4.78 is 0. The lowest BCUT2D eigenvalue weighted by Crippen LogP contribution is -2.40. The van der Waals surface area contributed by atoms with Crippen molar-refractivity contribution in [1.82, 2.24) is 19.9 Å². The fraction of sp³-hybridized carbons (Fsp3) is 0.0556. The molecule has 6 heteroatoms. The van der Waals surface area contributed by atoms with Gasteiger partial charge in [0.2, 0.25) is 0 Å². The lowest BCUT2D eigenvalue weighted by atomic mass is 9.90. The molecule has 0 N–H and O–H groups in total. The minimum Gasteiger partial charge on any atom is -0.256 e. The fourth-order valence-electron chi connectivity index (χ4n) is 13.0. The maximum atomic E-state index is 5.55. The van der Waals surface area contributed by atoms with Crippen molar-refractivity contribution in [2.45, 2.75) is 25.2 Å². The van der Waals surface area contributed by atoms with E-state index in [1.165, 1.54) is 86.9 Å². The van der Waals surface area contributed by atoms with Crippen molar-refractivity contribution >= 4 is 102 Å². The second-order valence-corrected chi connectivity index (χ2v) is 29.6. The lowest BCUT2D eigenvalue weighted by Gasteiger charge is -2.36. The maximum absolute atomic E-state index is 5.55. The summed E-state index contributed by atoms with van der Waals surface area (Å²) in [5, 5.41) is 14.6. The van der Waals surface area contributed by atoms with E-state index in [2.05, 4.69) is 281 Å². The van der Waals surface area contributed by atoms with E-state index in [4.69, 9.17) is 19.9 Å². The summed E-state index contributed by atoms with van der Waals surface area (Å²) in [5.74, 6) is 0. The SMILES string of the molecule is C[Si]1(CC[Si]2(C)C(c3cc4ccccc4cn3)=C(c3ccccc3)C(c3ccccc3)=C2c2cc3ccccc3cn2)C(c2cc3ccccc3cn2)=C(c2ccccc2)C(c2ccccc2)=C1c1cc2ccccc2cn1. The Kier molecular flexibility index (Phi) is 11.8. The van der Waals surface area contributed by atoms with E-state index < -0.39 is 16.1 Å². The summed E-state index contributed by atoms with van der Waals surface area (Å²) in [5.41, 5.74) is 13.8. The second-order valence-electron chi connectivity index (χ2n) is 21.3. The molecule has 14 rings (SSSR count). The Morgan fingerprint density at radius 1 is 0.244 bits per heavy atom. The van der Waals surface area contributed by atoms with Crippen LogP contribution in [0, 0.1) is 0 Å². The molecule has 0 saturated carbocycles. The number of aromatic nitrogens is 4. The Labute approximate surface area is 457 Å². The lowest BCUT2D eigenvalue weighted by molar-refractivity contribution is 1.26. The number of fused-ring (bicyclic) bond motifs is 4. The van der Waals surface area contributed by atoms with E-state index in [0.717, 1.165) is 56.4 Å². The normalized spacial score (nSPS) is 15.2. The minimum atomic E-state index is -3.08. The van der Waals surface area contributed by atoms with Crippen LogP contribution in [0.15, 0.2) is 267 Å². The zero-order valence-corrected chi connectivity index (χ0v) is 45.6. The Hall–Kier alpha value is -9.21. The number of benzene rings is 8. The van der Waals surface area contributed by atoms with Crippen molar-refractivity contribution in [3.8, 4) is 0 Å². The number of hydrogen-bond donors (Lipinski definition) is 0. The van der Waals surface area contributed by atoms with Crippen molar-refractivity contribution in [2.24, 2.45) is 0 Å². The maximum Gasteiger partial charge on any atom is 0.122 e. The number of hydrogen-bond acceptors (Lipinski definition) is 4. The molecule has 2 aliphatic heterocycles. The summed E-state index contributed by atoms with van der Waals surface area (Å²) in [7, 11) is -6.15. The van der Waals surface area contributed by atoms with Crippen LogP contribution in [0.25, 0.3) is 86.2 Å². The van der Waals surface area contributed by atoms with Gasteiger partial charge in [-0.25, -0.2) is 0 Å². The first-order valence-electron chi connectivity index (χ1n) is 27.1. The molecule has 0 atom stereocenters. The summed E-state index contributed by atoms with van der Waals surface area (Å²) in [6, 6.07) is 90.3. The highest BCUT2D eigenvalue weighted by molar-refractivity contribution is 7.17. The molecular formula is C72H54N4Si2. The van der Waals surface area contributed by atoms with Gasteiger partial charge in [-0.15, -0.1) is 0 Å². The third kappa shape index (κ3) is 8.03. The fourth-order valence-corrected chi connectivity index (χ4v) is 24.5. The van der Waals surface area contributed by atoms with Crippen LogP contribution >= 0.6 is 0 Å². The van der Waals surface area contributed by atoms with E-state index >= 15 is 0 Å². The van der Waals surface area contributed by atoms with Crippen LogP contribution in [0.4, 0.5) is 0 Å². The number of pyridine rings is 4. The number of rotatable bonds is 11. The van der Waals surface area contributed by atoms with Gasteiger partial charge in [-0.3, -0.25) is 19.9 Å². The van der Waals surface area contributed by atoms with Crippen LogP contribution in [-0.2, 0) is 0 Å². The topological polar surface area (TPSA) is 51.6 Å². The van der Waals surface area contributed by atoms with Gasteiger partial charge in [0.25, 0.3) is 0 Å². The average molecular weight is 1030 g/mol. The van der Waals surface area contributed by atoms with Crippen LogP contribution in [-0.4, -0.2) is 36.1 Å². The van der Waals surface area contributed by atoms with E-state index in [9.17, 15) is 0 Å². The molecule has 0 bridgehead atoms. The monoisotopic (exact) mass is 1030 g/mol. The molecule has 8 aromatic carbocycles. The highest BCUT2D eigenvalue weighted by atomic mass is 28.3. The van der Waals surface area contributed by atoms with Crippen LogP contribution in [0.1, 0.15) is 45.0 Å². The summed E-state index contributed by atoms with van der Waals surface area (Å²) in [6.45, 7) is 5.28. The molecule has 0 radical (unpaired) electrons. The zero-order chi connectivity index (χ0) is 52.2. The van der Waals surface area contributed by atoms with Gasteiger partial charge in [0.15, 0.2) is 0 Å². The van der Waals surface area contributed by atoms with Crippen molar-refractivity contribution in [1.29, 1.82) is 0 Å². The third-order valence-electron chi connectivity index (χ3n) is 16.6. The van der Waals surface area contributed by atoms with Gasteiger partial charge in [-0.1, -0.05) is 244 Å². The minimum absolute atomic E-state index is 0.897. The van der Waals surface area contributed by atoms with Gasteiger partial charge in [-0.2, -0.15) is 0 Å². The first-order valence-corrected chi connectivity index (χ1v) is 32.5. The van der Waals surface area contributed by atoms with Gasteiger partial charge < -0.3 is 0 Å². The van der Waals surface area contributed by atoms with Crippen LogP contribution < -0.4 is 0 Å². The molecule has 4 aromatic heterocycles. The van der Waals surface area contributed by atoms with Crippen molar-refractivity contribution < 1.29 is 0 Å². The first-order chi connectivity index (χ1) is 38.4. The Bertz CT molecular complexity index is 3890. The molecular weight excluding hydrogens is 977 g/mol. The summed E-state index contributed by atoms with van der Waals surface area (Å²) in [4.78, 5) is 22.2.